The van der Waals surface area contributed by atoms with Crippen molar-refractivity contribution in [3.05, 3.63) is 121 Å². The first-order valence-electron chi connectivity index (χ1n) is 10.6. The Bertz CT molecular complexity index is 1140. The molecule has 4 nitrogen and oxygen atoms in total. The van der Waals surface area contributed by atoms with Crippen LogP contribution in [-0.4, -0.2) is 31.3 Å². The topological polar surface area (TPSA) is 40.6 Å². The van der Waals surface area contributed by atoms with Crippen molar-refractivity contribution in [1.82, 2.24) is 4.57 Å². The number of hydrogen-bond acceptors (Lipinski definition) is 2. The van der Waals surface area contributed by atoms with E-state index in [9.17, 15) is 9.59 Å². The van der Waals surface area contributed by atoms with E-state index in [1.54, 1.807) is 9.47 Å². The second-order valence-corrected chi connectivity index (χ2v) is 11.3. The molecule has 1 heterocycles. The smallest absolute Gasteiger partial charge is 0.285 e. The summed E-state index contributed by atoms with van der Waals surface area (Å²) in [6.07, 6.45) is 0. The van der Waals surface area contributed by atoms with Crippen LogP contribution in [0.1, 0.15) is 0 Å². The average molecular weight is 435 g/mol. The molecule has 3 amide bonds. The summed E-state index contributed by atoms with van der Waals surface area (Å²) in [5.41, 5.74) is 0.727. The van der Waals surface area contributed by atoms with Gasteiger partial charge in [0, 0.05) is 5.69 Å². The summed E-state index contributed by atoms with van der Waals surface area (Å²) in [5.74, 6) is -0.179. The van der Waals surface area contributed by atoms with Gasteiger partial charge >= 0.3 is 6.03 Å². The summed E-state index contributed by atoms with van der Waals surface area (Å²) in [5, 5.41) is 2.98. The molecule has 4 aromatic carbocycles. The molecule has 0 saturated carbocycles. The third kappa shape index (κ3) is 3.15. The number of benzene rings is 4. The zero-order chi connectivity index (χ0) is 22.0. The molecule has 0 aromatic heterocycles. The second kappa shape index (κ2) is 8.28. The second-order valence-electron chi connectivity index (χ2n) is 7.74. The minimum Gasteiger partial charge on any atom is -0.285 e. The van der Waals surface area contributed by atoms with Crippen LogP contribution in [0.2, 0.25) is 0 Å². The molecule has 1 fully saturated rings. The Morgan fingerprint density at radius 1 is 0.531 bits per heavy atom. The Hall–Kier alpha value is -3.96. The number of anilines is 1. The average Bonchev–Trinajstić information content (AvgIpc) is 3.17. The molecule has 0 unspecified atom stereocenters. The molecule has 1 aliphatic rings. The van der Waals surface area contributed by atoms with E-state index in [2.05, 4.69) is 0 Å². The summed E-state index contributed by atoms with van der Waals surface area (Å²) in [7, 11) is -3.20. The Balaban J connectivity index is 1.79. The van der Waals surface area contributed by atoms with Crippen molar-refractivity contribution in [3.8, 4) is 0 Å². The van der Waals surface area contributed by atoms with E-state index >= 15 is 0 Å². The lowest BCUT2D eigenvalue weighted by Crippen LogP contribution is -2.78. The molecule has 0 aliphatic carbocycles. The van der Waals surface area contributed by atoms with Gasteiger partial charge in [-0.05, 0) is 27.7 Å². The molecule has 0 radical (unpaired) electrons. The number of carbonyl (C=O) groups excluding carboxylic acids is 2. The molecular weight excluding hydrogens is 412 g/mol. The number of para-hydroxylation sites is 1. The number of imide groups is 1. The van der Waals surface area contributed by atoms with Gasteiger partial charge in [0.1, 0.15) is 6.54 Å². The third-order valence-corrected chi connectivity index (χ3v) is 10.6. The lowest BCUT2D eigenvalue weighted by atomic mass is 10.3. The van der Waals surface area contributed by atoms with Gasteiger partial charge in [0.15, 0.2) is 0 Å². The maximum atomic E-state index is 13.9. The Kier molecular flexibility index (Phi) is 5.17. The monoisotopic (exact) mass is 434 g/mol. The molecule has 4 aromatic rings. The summed E-state index contributed by atoms with van der Waals surface area (Å²) in [4.78, 5) is 29.2. The zero-order valence-corrected chi connectivity index (χ0v) is 18.5. The lowest BCUT2D eigenvalue weighted by molar-refractivity contribution is -0.121. The highest BCUT2D eigenvalue weighted by Gasteiger charge is 2.55. The summed E-state index contributed by atoms with van der Waals surface area (Å²) >= 11 is 0. The van der Waals surface area contributed by atoms with Crippen LogP contribution < -0.4 is 20.5 Å². The fourth-order valence-electron chi connectivity index (χ4n) is 4.57. The van der Waals surface area contributed by atoms with Crippen molar-refractivity contribution < 1.29 is 9.59 Å². The van der Waals surface area contributed by atoms with E-state index < -0.39 is 8.24 Å². The molecule has 0 spiro atoms. The van der Waals surface area contributed by atoms with E-state index in [1.165, 1.54) is 0 Å². The molecule has 0 atom stereocenters. The summed E-state index contributed by atoms with van der Waals surface area (Å²) in [6, 6.07) is 39.1. The van der Waals surface area contributed by atoms with Gasteiger partial charge < -0.3 is 0 Å². The fourth-order valence-corrected chi connectivity index (χ4v) is 9.22. The van der Waals surface area contributed by atoms with Crippen molar-refractivity contribution in [2.45, 2.75) is 0 Å². The molecule has 1 saturated heterocycles. The van der Waals surface area contributed by atoms with Gasteiger partial charge in [-0.1, -0.05) is 109 Å². The van der Waals surface area contributed by atoms with E-state index in [1.807, 2.05) is 121 Å². The Morgan fingerprint density at radius 3 is 1.31 bits per heavy atom. The van der Waals surface area contributed by atoms with Crippen molar-refractivity contribution in [2.75, 3.05) is 11.4 Å². The van der Waals surface area contributed by atoms with Crippen LogP contribution in [0, 0.1) is 0 Å². The number of nitrogens with zero attached hydrogens (tertiary/aromatic N) is 2. The maximum absolute atomic E-state index is 13.9. The Labute approximate surface area is 188 Å². The Morgan fingerprint density at radius 2 is 0.906 bits per heavy atom. The quantitative estimate of drug-likeness (QED) is 0.275. The minimum atomic E-state index is -3.20. The summed E-state index contributed by atoms with van der Waals surface area (Å²) in [6.45, 7) is 0.0318. The van der Waals surface area contributed by atoms with Crippen molar-refractivity contribution in [1.29, 1.82) is 0 Å². The first-order valence-corrected chi connectivity index (χ1v) is 12.5. The molecule has 5 heteroatoms. The van der Waals surface area contributed by atoms with Gasteiger partial charge in [-0.25, -0.2) is 4.79 Å². The standard InChI is InChI=1S/C27H22N2O2Si/c30-26-21-28(22-13-5-1-6-14-22)27(31)29(26)32(23-15-7-2-8-16-23,24-17-9-3-10-18-24)25-19-11-4-12-20-25/h1-20H,21H2. The van der Waals surface area contributed by atoms with Crippen LogP contribution in [0.25, 0.3) is 0 Å². The van der Waals surface area contributed by atoms with Gasteiger partial charge in [0.25, 0.3) is 8.24 Å². The predicted octanol–water partition coefficient (Wildman–Crippen LogP) is 3.12. The fraction of sp³-hybridized carbons (Fsp3) is 0.0370. The van der Waals surface area contributed by atoms with Gasteiger partial charge in [0.05, 0.1) is 0 Å². The number of hydrogen-bond donors (Lipinski definition) is 0. The van der Waals surface area contributed by atoms with Gasteiger partial charge in [-0.15, -0.1) is 0 Å². The van der Waals surface area contributed by atoms with Crippen LogP contribution in [0.3, 0.4) is 0 Å². The number of carbonyl (C=O) groups is 2. The molecule has 32 heavy (non-hydrogen) atoms. The van der Waals surface area contributed by atoms with Crippen LogP contribution in [-0.2, 0) is 4.79 Å². The largest absolute Gasteiger partial charge is 0.324 e. The maximum Gasteiger partial charge on any atom is 0.324 e. The highest BCUT2D eigenvalue weighted by Crippen LogP contribution is 2.25. The number of amides is 3. The predicted molar refractivity (Wildman–Crippen MR) is 130 cm³/mol. The summed E-state index contributed by atoms with van der Waals surface area (Å²) < 4.78 is 1.57. The highest BCUT2D eigenvalue weighted by atomic mass is 28.3. The van der Waals surface area contributed by atoms with E-state index in [-0.39, 0.29) is 18.5 Å². The van der Waals surface area contributed by atoms with Crippen LogP contribution in [0.15, 0.2) is 121 Å². The van der Waals surface area contributed by atoms with Gasteiger partial charge in [0.2, 0.25) is 5.91 Å². The molecular formula is C27H22N2O2Si. The number of rotatable bonds is 5. The van der Waals surface area contributed by atoms with Crippen molar-refractivity contribution >= 4 is 41.4 Å². The van der Waals surface area contributed by atoms with Crippen LogP contribution in [0.4, 0.5) is 10.5 Å². The highest BCUT2D eigenvalue weighted by molar-refractivity contribution is 7.12. The lowest BCUT2D eigenvalue weighted by Gasteiger charge is -2.39. The molecule has 0 N–H and O–H groups in total. The molecule has 0 bridgehead atoms. The zero-order valence-electron chi connectivity index (χ0n) is 17.5. The third-order valence-electron chi connectivity index (χ3n) is 5.94. The SMILES string of the molecule is O=C1CN(c2ccccc2)C(=O)N1[Si](c1ccccc1)(c1ccccc1)c1ccccc1. The molecule has 1 aliphatic heterocycles. The van der Waals surface area contributed by atoms with Gasteiger partial charge in [-0.3, -0.25) is 14.3 Å². The molecule has 156 valence electrons. The molecule has 5 rings (SSSR count). The van der Waals surface area contributed by atoms with Gasteiger partial charge in [-0.2, -0.15) is 0 Å². The first-order chi connectivity index (χ1) is 15.7. The van der Waals surface area contributed by atoms with E-state index in [0.717, 1.165) is 21.2 Å². The van der Waals surface area contributed by atoms with E-state index in [0.29, 0.717) is 0 Å². The van der Waals surface area contributed by atoms with Crippen molar-refractivity contribution in [2.24, 2.45) is 0 Å². The minimum absolute atomic E-state index is 0.0318. The normalized spacial score (nSPS) is 14.1. The van der Waals surface area contributed by atoms with Crippen LogP contribution in [0.5, 0.6) is 0 Å². The number of urea groups is 1. The van der Waals surface area contributed by atoms with Crippen LogP contribution >= 0.6 is 0 Å². The first kappa shape index (κ1) is 20.0. The van der Waals surface area contributed by atoms with E-state index in [4.69, 9.17) is 0 Å². The van der Waals surface area contributed by atoms with Crippen molar-refractivity contribution in [3.63, 3.8) is 0 Å².